The maximum atomic E-state index is 10.8. The van der Waals surface area contributed by atoms with E-state index >= 15 is 0 Å². The van der Waals surface area contributed by atoms with Gasteiger partial charge in [-0.25, -0.2) is 0 Å². The number of hydrogen-bond donors (Lipinski definition) is 1. The van der Waals surface area contributed by atoms with Crippen LogP contribution in [0.1, 0.15) is 64.7 Å². The highest BCUT2D eigenvalue weighted by atomic mass is 16.5. The zero-order valence-corrected chi connectivity index (χ0v) is 11.7. The second kappa shape index (κ2) is 12.4. The van der Waals surface area contributed by atoms with Gasteiger partial charge in [-0.05, 0) is 12.8 Å². The fraction of sp³-hybridized carbons (Fsp3) is 0.800. The van der Waals surface area contributed by atoms with Crippen LogP contribution in [0.3, 0.4) is 0 Å². The van der Waals surface area contributed by atoms with E-state index in [-0.39, 0.29) is 12.4 Å². The van der Waals surface area contributed by atoms with Gasteiger partial charge in [0.2, 0.25) is 0 Å². The van der Waals surface area contributed by atoms with Crippen LogP contribution in [-0.2, 0) is 9.53 Å². The largest absolute Gasteiger partial charge is 0.469 e. The highest BCUT2D eigenvalue weighted by Gasteiger charge is 2.04. The van der Waals surface area contributed by atoms with Crippen molar-refractivity contribution in [1.29, 1.82) is 0 Å². The second-order valence-corrected chi connectivity index (χ2v) is 4.47. The molecule has 104 valence electrons. The lowest BCUT2D eigenvalue weighted by Gasteiger charge is -2.01. The van der Waals surface area contributed by atoms with Gasteiger partial charge < -0.3 is 9.84 Å². The lowest BCUT2D eigenvalue weighted by molar-refractivity contribution is -0.141. The van der Waals surface area contributed by atoms with Gasteiger partial charge in [-0.2, -0.15) is 0 Å². The van der Waals surface area contributed by atoms with E-state index in [9.17, 15) is 9.90 Å². The van der Waals surface area contributed by atoms with E-state index in [0.29, 0.717) is 6.42 Å². The third-order valence-corrected chi connectivity index (χ3v) is 2.77. The van der Waals surface area contributed by atoms with E-state index in [2.05, 4.69) is 23.5 Å². The van der Waals surface area contributed by atoms with Crippen molar-refractivity contribution >= 4 is 5.97 Å². The van der Waals surface area contributed by atoms with Crippen LogP contribution in [0.2, 0.25) is 0 Å². The highest BCUT2D eigenvalue weighted by Crippen LogP contribution is 2.06. The first-order chi connectivity index (χ1) is 8.70. The number of rotatable bonds is 9. The third-order valence-electron chi connectivity index (χ3n) is 2.77. The minimum absolute atomic E-state index is 0.226. The summed E-state index contributed by atoms with van der Waals surface area (Å²) in [5.74, 6) is 5.43. The zero-order chi connectivity index (χ0) is 13.6. The van der Waals surface area contributed by atoms with Crippen molar-refractivity contribution in [2.45, 2.75) is 70.8 Å². The second-order valence-electron chi connectivity index (χ2n) is 4.47. The molecule has 0 radical (unpaired) electrons. The van der Waals surface area contributed by atoms with Crippen LogP contribution in [0.4, 0.5) is 0 Å². The molecule has 3 nitrogen and oxygen atoms in total. The number of unbranched alkanes of at least 4 members (excludes halogenated alkanes) is 6. The van der Waals surface area contributed by atoms with Gasteiger partial charge >= 0.3 is 5.97 Å². The first-order valence-electron chi connectivity index (χ1n) is 6.94. The summed E-state index contributed by atoms with van der Waals surface area (Å²) >= 11 is 0. The van der Waals surface area contributed by atoms with Crippen molar-refractivity contribution in [3.05, 3.63) is 0 Å². The molecule has 0 heterocycles. The molecule has 0 aliphatic heterocycles. The Hall–Kier alpha value is -1.01. The molecule has 0 aliphatic carbocycles. The molecular formula is C15H26O3. The number of hydrogen-bond acceptors (Lipinski definition) is 3. The minimum Gasteiger partial charge on any atom is -0.469 e. The van der Waals surface area contributed by atoms with Gasteiger partial charge in [0, 0.05) is 12.8 Å². The van der Waals surface area contributed by atoms with Crippen LogP contribution in [-0.4, -0.2) is 24.3 Å². The predicted molar refractivity (Wildman–Crippen MR) is 73.0 cm³/mol. The van der Waals surface area contributed by atoms with Crippen LogP contribution in [0.5, 0.6) is 0 Å². The predicted octanol–water partition coefficient (Wildman–Crippen LogP) is 3.05. The van der Waals surface area contributed by atoms with Gasteiger partial charge in [-0.15, -0.1) is 5.92 Å². The normalized spacial score (nSPS) is 11.5. The van der Waals surface area contributed by atoms with Crippen LogP contribution < -0.4 is 0 Å². The third kappa shape index (κ3) is 11.5. The van der Waals surface area contributed by atoms with E-state index < -0.39 is 6.10 Å². The van der Waals surface area contributed by atoms with Gasteiger partial charge in [0.05, 0.1) is 7.11 Å². The van der Waals surface area contributed by atoms with Crippen molar-refractivity contribution in [1.82, 2.24) is 0 Å². The van der Waals surface area contributed by atoms with Gasteiger partial charge in [0.25, 0.3) is 0 Å². The molecule has 0 bridgehead atoms. The first kappa shape index (κ1) is 17.0. The summed E-state index contributed by atoms with van der Waals surface area (Å²) in [6.07, 6.45) is 8.20. The Morgan fingerprint density at radius 2 is 1.89 bits per heavy atom. The molecule has 1 atom stereocenters. The summed E-state index contributed by atoms with van der Waals surface area (Å²) < 4.78 is 4.49. The van der Waals surface area contributed by atoms with Gasteiger partial charge in [0.1, 0.15) is 6.10 Å². The van der Waals surface area contributed by atoms with E-state index in [0.717, 1.165) is 12.8 Å². The van der Waals surface area contributed by atoms with E-state index in [4.69, 9.17) is 0 Å². The number of carbonyl (C=O) groups is 1. The average Bonchev–Trinajstić information content (AvgIpc) is 2.39. The highest BCUT2D eigenvalue weighted by molar-refractivity contribution is 5.69. The van der Waals surface area contributed by atoms with Gasteiger partial charge in [0.15, 0.2) is 0 Å². The minimum atomic E-state index is -0.704. The van der Waals surface area contributed by atoms with Crippen molar-refractivity contribution < 1.29 is 14.6 Å². The molecule has 0 saturated carbocycles. The van der Waals surface area contributed by atoms with Crippen LogP contribution in [0, 0.1) is 11.8 Å². The molecule has 0 aromatic rings. The molecule has 0 aromatic heterocycles. The summed E-state index contributed by atoms with van der Waals surface area (Å²) in [6.45, 7) is 2.21. The van der Waals surface area contributed by atoms with Crippen molar-refractivity contribution in [2.24, 2.45) is 0 Å². The Labute approximate surface area is 111 Å². The standard InChI is InChI=1S/C15H26O3/c1-3-4-5-6-7-8-9-10-11-14(16)12-13-15(17)18-2/h14,16H,3-9,12-13H2,1-2H3/t14-/m1/s1. The Kier molecular flexibility index (Phi) is 11.7. The number of carbonyl (C=O) groups excluding carboxylic acids is 1. The molecule has 0 aliphatic rings. The van der Waals surface area contributed by atoms with Gasteiger partial charge in [-0.1, -0.05) is 44.9 Å². The molecule has 1 N–H and O–H groups in total. The van der Waals surface area contributed by atoms with Gasteiger partial charge in [-0.3, -0.25) is 4.79 Å². The van der Waals surface area contributed by atoms with Crippen LogP contribution in [0.25, 0.3) is 0 Å². The van der Waals surface area contributed by atoms with Crippen LogP contribution >= 0.6 is 0 Å². The number of methoxy groups -OCH3 is 1. The van der Waals surface area contributed by atoms with Crippen LogP contribution in [0.15, 0.2) is 0 Å². The Morgan fingerprint density at radius 3 is 2.56 bits per heavy atom. The molecule has 0 rings (SSSR count). The molecule has 0 saturated heterocycles. The quantitative estimate of drug-likeness (QED) is 0.391. The monoisotopic (exact) mass is 254 g/mol. The van der Waals surface area contributed by atoms with Crippen molar-refractivity contribution in [2.75, 3.05) is 7.11 Å². The SMILES string of the molecule is CCCCCCCCC#C[C@@H](O)CCC(=O)OC. The van der Waals surface area contributed by atoms with E-state index in [1.54, 1.807) is 0 Å². The average molecular weight is 254 g/mol. The first-order valence-corrected chi connectivity index (χ1v) is 6.94. The fourth-order valence-electron chi connectivity index (χ4n) is 1.61. The molecule has 0 aromatic carbocycles. The molecule has 0 fully saturated rings. The fourth-order valence-corrected chi connectivity index (χ4v) is 1.61. The van der Waals surface area contributed by atoms with Crippen molar-refractivity contribution in [3.63, 3.8) is 0 Å². The Bertz CT molecular complexity index is 263. The maximum absolute atomic E-state index is 10.8. The topological polar surface area (TPSA) is 46.5 Å². The molecule has 0 amide bonds. The lowest BCUT2D eigenvalue weighted by Crippen LogP contribution is -2.08. The number of esters is 1. The van der Waals surface area contributed by atoms with E-state index in [1.165, 1.54) is 39.2 Å². The molecule has 0 unspecified atom stereocenters. The van der Waals surface area contributed by atoms with E-state index in [1.807, 2.05) is 0 Å². The maximum Gasteiger partial charge on any atom is 0.305 e. The Balaban J connectivity index is 3.43. The number of ether oxygens (including phenoxy) is 1. The number of aliphatic hydroxyl groups is 1. The molecule has 0 spiro atoms. The molecule has 18 heavy (non-hydrogen) atoms. The summed E-state index contributed by atoms with van der Waals surface area (Å²) in [5.41, 5.74) is 0. The summed E-state index contributed by atoms with van der Waals surface area (Å²) in [7, 11) is 1.35. The van der Waals surface area contributed by atoms with Crippen molar-refractivity contribution in [3.8, 4) is 11.8 Å². The smallest absolute Gasteiger partial charge is 0.305 e. The summed E-state index contributed by atoms with van der Waals surface area (Å²) in [4.78, 5) is 10.8. The summed E-state index contributed by atoms with van der Waals surface area (Å²) in [5, 5.41) is 9.48. The molecular weight excluding hydrogens is 228 g/mol. The summed E-state index contributed by atoms with van der Waals surface area (Å²) in [6, 6.07) is 0. The lowest BCUT2D eigenvalue weighted by atomic mass is 10.1. The zero-order valence-electron chi connectivity index (χ0n) is 11.7. The number of aliphatic hydroxyl groups excluding tert-OH is 1. The Morgan fingerprint density at radius 1 is 1.22 bits per heavy atom. The molecule has 3 heteroatoms.